The van der Waals surface area contributed by atoms with Crippen LogP contribution in [0.4, 0.5) is 10.5 Å². The largest absolute Gasteiger partial charge is 0.336 e. The second-order valence-electron chi connectivity index (χ2n) is 6.67. The third-order valence-electron chi connectivity index (χ3n) is 4.74. The van der Waals surface area contributed by atoms with Crippen molar-refractivity contribution in [3.8, 4) is 0 Å². The molecule has 0 unspecified atom stereocenters. The Morgan fingerprint density at radius 3 is 2.77 bits per heavy atom. The van der Waals surface area contributed by atoms with Gasteiger partial charge in [0.05, 0.1) is 12.0 Å². The molecule has 1 heterocycles. The van der Waals surface area contributed by atoms with Gasteiger partial charge in [-0.2, -0.15) is 0 Å². The topological polar surface area (TPSA) is 76.0 Å². The Morgan fingerprint density at radius 2 is 2.08 bits per heavy atom. The van der Waals surface area contributed by atoms with Gasteiger partial charge in [0.15, 0.2) is 0 Å². The highest BCUT2D eigenvalue weighted by atomic mass is 35.5. The van der Waals surface area contributed by atoms with Crippen molar-refractivity contribution >= 4 is 23.3 Å². The van der Waals surface area contributed by atoms with E-state index in [4.69, 9.17) is 11.6 Å². The fraction of sp³-hybridized carbons (Fsp3) is 0.421. The van der Waals surface area contributed by atoms with Crippen LogP contribution in [0.2, 0.25) is 5.02 Å². The third-order valence-corrected chi connectivity index (χ3v) is 5.15. The zero-order valence-corrected chi connectivity index (χ0v) is 15.6. The first kappa shape index (κ1) is 18.5. The van der Waals surface area contributed by atoms with Crippen molar-refractivity contribution < 1.29 is 4.79 Å². The van der Waals surface area contributed by atoms with Crippen molar-refractivity contribution in [3.05, 3.63) is 57.2 Å². The molecule has 0 saturated heterocycles. The van der Waals surface area contributed by atoms with Crippen molar-refractivity contribution in [2.24, 2.45) is 0 Å². The summed E-state index contributed by atoms with van der Waals surface area (Å²) in [7, 11) is 0. The summed E-state index contributed by atoms with van der Waals surface area (Å²) < 4.78 is 1.52. The number of hydrogen-bond acceptors (Lipinski definition) is 3. The molecule has 3 rings (SSSR count). The molecule has 1 aliphatic carbocycles. The van der Waals surface area contributed by atoms with Crippen LogP contribution < -0.4 is 16.2 Å². The number of urea groups is 1. The minimum absolute atomic E-state index is 0.0746. The van der Waals surface area contributed by atoms with Crippen LogP contribution in [-0.4, -0.2) is 22.1 Å². The van der Waals surface area contributed by atoms with Gasteiger partial charge in [0.25, 0.3) is 5.56 Å². The molecule has 0 radical (unpaired) electrons. The molecule has 1 fully saturated rings. The van der Waals surface area contributed by atoms with E-state index in [2.05, 4.69) is 15.6 Å². The summed E-state index contributed by atoms with van der Waals surface area (Å²) >= 11 is 6.04. The lowest BCUT2D eigenvalue weighted by Crippen LogP contribution is -2.33. The molecule has 6 nitrogen and oxygen atoms in total. The number of carbonyl (C=O) groups is 1. The normalized spacial score (nSPS) is 14.4. The van der Waals surface area contributed by atoms with Gasteiger partial charge in [-0.05, 0) is 37.5 Å². The first-order valence-electron chi connectivity index (χ1n) is 8.90. The highest BCUT2D eigenvalue weighted by Crippen LogP contribution is 2.32. The summed E-state index contributed by atoms with van der Waals surface area (Å²) in [6.07, 6.45) is 6.22. The van der Waals surface area contributed by atoms with Crippen molar-refractivity contribution in [2.75, 3.05) is 11.9 Å². The first-order chi connectivity index (χ1) is 12.5. The minimum atomic E-state index is -0.339. The molecule has 2 N–H and O–H groups in total. The van der Waals surface area contributed by atoms with Gasteiger partial charge in [0.2, 0.25) is 0 Å². The van der Waals surface area contributed by atoms with Crippen LogP contribution in [0, 0.1) is 6.92 Å². The van der Waals surface area contributed by atoms with E-state index < -0.39 is 0 Å². The number of nitrogens with one attached hydrogen (secondary N) is 2. The summed E-state index contributed by atoms with van der Waals surface area (Å²) in [6.45, 7) is 2.60. The summed E-state index contributed by atoms with van der Waals surface area (Å²) in [6, 6.07) is 6.62. The molecule has 1 aromatic carbocycles. The summed E-state index contributed by atoms with van der Waals surface area (Å²) in [5.41, 5.74) is 2.39. The molecule has 138 valence electrons. The molecular weight excluding hydrogens is 352 g/mol. The molecule has 0 bridgehead atoms. The van der Waals surface area contributed by atoms with E-state index in [9.17, 15) is 9.59 Å². The fourth-order valence-corrected chi connectivity index (χ4v) is 3.37. The van der Waals surface area contributed by atoms with E-state index in [1.54, 1.807) is 24.5 Å². The molecule has 0 spiro atoms. The molecule has 1 saturated carbocycles. The Bertz CT molecular complexity index is 844. The third kappa shape index (κ3) is 4.64. The van der Waals surface area contributed by atoms with Crippen LogP contribution >= 0.6 is 11.6 Å². The molecule has 0 atom stereocenters. The average Bonchev–Trinajstić information content (AvgIpc) is 3.14. The Morgan fingerprint density at radius 1 is 1.31 bits per heavy atom. The second-order valence-corrected chi connectivity index (χ2v) is 7.08. The van der Waals surface area contributed by atoms with Crippen LogP contribution in [0.5, 0.6) is 0 Å². The Hall–Kier alpha value is -2.34. The van der Waals surface area contributed by atoms with E-state index in [0.29, 0.717) is 29.7 Å². The number of carbonyl (C=O) groups excluding carboxylic acids is 1. The van der Waals surface area contributed by atoms with Gasteiger partial charge in [-0.1, -0.05) is 30.5 Å². The maximum absolute atomic E-state index is 12.2. The minimum Gasteiger partial charge on any atom is -0.336 e. The van der Waals surface area contributed by atoms with E-state index >= 15 is 0 Å². The number of hydrogen-bond donors (Lipinski definition) is 2. The van der Waals surface area contributed by atoms with Gasteiger partial charge in [-0.15, -0.1) is 0 Å². The SMILES string of the molecule is Cc1ccc(NC(=O)NCCn2cnc(C3CCCC3)cc2=O)cc1Cl. The zero-order chi connectivity index (χ0) is 18.5. The van der Waals surface area contributed by atoms with Gasteiger partial charge >= 0.3 is 6.03 Å². The van der Waals surface area contributed by atoms with Crippen molar-refractivity contribution in [1.29, 1.82) is 0 Å². The number of benzene rings is 1. The van der Waals surface area contributed by atoms with Crippen LogP contribution in [-0.2, 0) is 6.54 Å². The predicted octanol–water partition coefficient (Wildman–Crippen LogP) is 3.68. The Kier molecular flexibility index (Phi) is 5.93. The summed E-state index contributed by atoms with van der Waals surface area (Å²) in [5, 5.41) is 6.05. The maximum atomic E-state index is 12.2. The van der Waals surface area contributed by atoms with E-state index in [1.807, 2.05) is 13.0 Å². The number of aromatic nitrogens is 2. The summed E-state index contributed by atoms with van der Waals surface area (Å²) in [5.74, 6) is 0.419. The first-order valence-corrected chi connectivity index (χ1v) is 9.28. The lowest BCUT2D eigenvalue weighted by molar-refractivity contribution is 0.251. The van der Waals surface area contributed by atoms with Crippen molar-refractivity contribution in [2.45, 2.75) is 45.1 Å². The van der Waals surface area contributed by atoms with Crippen molar-refractivity contribution in [1.82, 2.24) is 14.9 Å². The fourth-order valence-electron chi connectivity index (χ4n) is 3.19. The van der Waals surface area contributed by atoms with Crippen LogP contribution in [0.3, 0.4) is 0 Å². The van der Waals surface area contributed by atoms with Crippen LogP contribution in [0.25, 0.3) is 0 Å². The highest BCUT2D eigenvalue weighted by Gasteiger charge is 2.18. The summed E-state index contributed by atoms with van der Waals surface area (Å²) in [4.78, 5) is 28.6. The monoisotopic (exact) mass is 374 g/mol. The number of amides is 2. The average molecular weight is 375 g/mol. The smallest absolute Gasteiger partial charge is 0.319 e. The number of halogens is 1. The Balaban J connectivity index is 1.50. The van der Waals surface area contributed by atoms with E-state index in [-0.39, 0.29) is 11.6 Å². The molecule has 1 aromatic heterocycles. The number of rotatable bonds is 5. The van der Waals surface area contributed by atoms with Crippen LogP contribution in [0.1, 0.15) is 42.9 Å². The molecule has 26 heavy (non-hydrogen) atoms. The molecule has 7 heteroatoms. The van der Waals surface area contributed by atoms with E-state index in [0.717, 1.165) is 24.1 Å². The number of aryl methyl sites for hydroxylation is 1. The van der Waals surface area contributed by atoms with Crippen molar-refractivity contribution in [3.63, 3.8) is 0 Å². The number of anilines is 1. The van der Waals surface area contributed by atoms with Gasteiger partial charge in [-0.25, -0.2) is 9.78 Å². The molecule has 0 aliphatic heterocycles. The van der Waals surface area contributed by atoms with E-state index in [1.165, 1.54) is 17.4 Å². The highest BCUT2D eigenvalue weighted by molar-refractivity contribution is 6.31. The zero-order valence-electron chi connectivity index (χ0n) is 14.8. The predicted molar refractivity (Wildman–Crippen MR) is 103 cm³/mol. The van der Waals surface area contributed by atoms with Crippen LogP contribution in [0.15, 0.2) is 35.4 Å². The van der Waals surface area contributed by atoms with Gasteiger partial charge in [0, 0.05) is 35.8 Å². The lowest BCUT2D eigenvalue weighted by atomic mass is 10.0. The molecule has 2 amide bonds. The Labute approximate surface area is 157 Å². The molecule has 1 aliphatic rings. The lowest BCUT2D eigenvalue weighted by Gasteiger charge is -2.11. The number of nitrogens with zero attached hydrogens (tertiary/aromatic N) is 2. The second kappa shape index (κ2) is 8.36. The quantitative estimate of drug-likeness (QED) is 0.838. The molecule has 2 aromatic rings. The van der Waals surface area contributed by atoms with Gasteiger partial charge in [0.1, 0.15) is 0 Å². The maximum Gasteiger partial charge on any atom is 0.319 e. The van der Waals surface area contributed by atoms with Gasteiger partial charge in [-0.3, -0.25) is 9.36 Å². The van der Waals surface area contributed by atoms with Gasteiger partial charge < -0.3 is 10.6 Å². The standard InChI is InChI=1S/C19H23ClN4O2/c1-13-6-7-15(10-16(13)20)23-19(26)21-8-9-24-12-22-17(11-18(24)25)14-4-2-3-5-14/h6-7,10-12,14H,2-5,8-9H2,1H3,(H2,21,23,26). The molecular formula is C19H23ClN4O2.